The quantitative estimate of drug-likeness (QED) is 0.870. The Morgan fingerprint density at radius 3 is 2.81 bits per heavy atom. The molecule has 1 N–H and O–H groups in total. The number of hydrogen-bond acceptors (Lipinski definition) is 2. The van der Waals surface area contributed by atoms with Crippen molar-refractivity contribution in [2.24, 2.45) is 5.92 Å². The van der Waals surface area contributed by atoms with Gasteiger partial charge in [0.1, 0.15) is 5.75 Å². The molecule has 5 rings (SSSR count). The van der Waals surface area contributed by atoms with Crippen LogP contribution in [0.2, 0.25) is 0 Å². The largest absolute Gasteiger partial charge is 0.508 e. The highest BCUT2D eigenvalue weighted by molar-refractivity contribution is 5.45. The molecule has 1 heterocycles. The molecule has 2 bridgehead atoms. The highest BCUT2D eigenvalue weighted by Gasteiger charge is 2.53. The number of phenols is 1. The fraction of sp³-hybridized carbons (Fsp3) is 0.500. The molecule has 2 heteroatoms. The lowest BCUT2D eigenvalue weighted by atomic mass is 9.52. The zero-order valence-electron chi connectivity index (χ0n) is 15.5. The molecule has 26 heavy (non-hydrogen) atoms. The summed E-state index contributed by atoms with van der Waals surface area (Å²) in [4.78, 5) is 2.79. The van der Waals surface area contributed by atoms with Crippen molar-refractivity contribution in [3.05, 3.63) is 65.2 Å². The lowest BCUT2D eigenvalue weighted by Gasteiger charge is -2.59. The van der Waals surface area contributed by atoms with Crippen molar-refractivity contribution in [3.8, 4) is 5.75 Å². The van der Waals surface area contributed by atoms with E-state index in [9.17, 15) is 5.11 Å². The molecule has 0 unspecified atom stereocenters. The smallest absolute Gasteiger partial charge is 0.115 e. The minimum absolute atomic E-state index is 0.332. The SMILES string of the molecule is Oc1ccc2c(c1)[C@@]13CCCC[C@H]1[C@H](C2)N(CCc1ccccc1)CC3. The monoisotopic (exact) mass is 347 g/mol. The van der Waals surface area contributed by atoms with Crippen molar-refractivity contribution in [3.63, 3.8) is 0 Å². The fourth-order valence-electron chi connectivity index (χ4n) is 6.27. The maximum absolute atomic E-state index is 10.1. The van der Waals surface area contributed by atoms with Gasteiger partial charge >= 0.3 is 0 Å². The van der Waals surface area contributed by atoms with Gasteiger partial charge in [-0.3, -0.25) is 4.90 Å². The minimum Gasteiger partial charge on any atom is -0.508 e. The number of likely N-dealkylation sites (tertiary alicyclic amines) is 1. The number of rotatable bonds is 3. The Morgan fingerprint density at radius 1 is 1.04 bits per heavy atom. The maximum atomic E-state index is 10.1. The second-order valence-corrected chi connectivity index (χ2v) is 8.64. The van der Waals surface area contributed by atoms with Crippen LogP contribution < -0.4 is 0 Å². The van der Waals surface area contributed by atoms with Crippen LogP contribution in [0.4, 0.5) is 0 Å². The zero-order chi connectivity index (χ0) is 17.6. The molecular weight excluding hydrogens is 318 g/mol. The van der Waals surface area contributed by atoms with E-state index in [0.29, 0.717) is 17.2 Å². The van der Waals surface area contributed by atoms with Crippen LogP contribution in [-0.2, 0) is 18.3 Å². The van der Waals surface area contributed by atoms with Crippen molar-refractivity contribution in [2.45, 2.75) is 56.4 Å². The first-order valence-corrected chi connectivity index (χ1v) is 10.4. The number of fused-ring (bicyclic) bond motifs is 1. The van der Waals surface area contributed by atoms with E-state index in [2.05, 4.69) is 47.4 Å². The minimum atomic E-state index is 0.332. The van der Waals surface area contributed by atoms with E-state index in [-0.39, 0.29) is 0 Å². The molecule has 2 aliphatic carbocycles. The summed E-state index contributed by atoms with van der Waals surface area (Å²) in [7, 11) is 0. The summed E-state index contributed by atoms with van der Waals surface area (Å²) in [6.45, 7) is 2.39. The Labute approximate surface area is 156 Å². The van der Waals surface area contributed by atoms with Gasteiger partial charge in [0.2, 0.25) is 0 Å². The summed E-state index contributed by atoms with van der Waals surface area (Å²) in [5.41, 5.74) is 4.77. The number of aromatic hydroxyl groups is 1. The summed E-state index contributed by atoms with van der Waals surface area (Å²) >= 11 is 0. The molecule has 1 aliphatic heterocycles. The molecule has 0 amide bonds. The van der Waals surface area contributed by atoms with Gasteiger partial charge in [-0.15, -0.1) is 0 Å². The van der Waals surface area contributed by atoms with Crippen LogP contribution in [0, 0.1) is 5.92 Å². The summed E-state index contributed by atoms with van der Waals surface area (Å²) in [5.74, 6) is 1.22. The molecule has 1 saturated heterocycles. The Kier molecular flexibility index (Phi) is 4.04. The van der Waals surface area contributed by atoms with Gasteiger partial charge in [0.25, 0.3) is 0 Å². The first-order valence-electron chi connectivity index (χ1n) is 10.4. The van der Waals surface area contributed by atoms with Crippen molar-refractivity contribution in [1.29, 1.82) is 0 Å². The fourth-order valence-corrected chi connectivity index (χ4v) is 6.27. The molecule has 1 saturated carbocycles. The standard InChI is InChI=1S/C24H29NO/c26-20-10-9-19-16-23-21-8-4-5-12-24(21,22(19)17-20)13-15-25(23)14-11-18-6-2-1-3-7-18/h1-3,6-7,9-10,17,21,23,26H,4-5,8,11-16H2/t21-,23-,24+/m0/s1. The van der Waals surface area contributed by atoms with Gasteiger partial charge < -0.3 is 5.11 Å². The van der Waals surface area contributed by atoms with E-state index in [0.717, 1.165) is 18.8 Å². The molecule has 2 aromatic carbocycles. The van der Waals surface area contributed by atoms with E-state index < -0.39 is 0 Å². The van der Waals surface area contributed by atoms with Crippen LogP contribution >= 0.6 is 0 Å². The molecule has 2 nitrogen and oxygen atoms in total. The van der Waals surface area contributed by atoms with Gasteiger partial charge in [0.15, 0.2) is 0 Å². The van der Waals surface area contributed by atoms with Crippen LogP contribution in [0.15, 0.2) is 48.5 Å². The molecule has 2 fully saturated rings. The Balaban J connectivity index is 1.45. The number of piperidine rings is 1. The molecule has 0 spiro atoms. The van der Waals surface area contributed by atoms with Gasteiger partial charge in [-0.2, -0.15) is 0 Å². The van der Waals surface area contributed by atoms with Crippen molar-refractivity contribution in [1.82, 2.24) is 4.90 Å². The van der Waals surface area contributed by atoms with Crippen LogP contribution in [0.25, 0.3) is 0 Å². The summed E-state index contributed by atoms with van der Waals surface area (Å²) < 4.78 is 0. The number of benzene rings is 2. The van der Waals surface area contributed by atoms with Crippen molar-refractivity contribution in [2.75, 3.05) is 13.1 Å². The second-order valence-electron chi connectivity index (χ2n) is 8.64. The van der Waals surface area contributed by atoms with Crippen LogP contribution in [-0.4, -0.2) is 29.1 Å². The van der Waals surface area contributed by atoms with Crippen LogP contribution in [0.5, 0.6) is 5.75 Å². The van der Waals surface area contributed by atoms with E-state index in [1.165, 1.54) is 61.9 Å². The average molecular weight is 348 g/mol. The van der Waals surface area contributed by atoms with E-state index in [1.807, 2.05) is 6.07 Å². The third-order valence-electron chi connectivity index (χ3n) is 7.47. The first-order chi connectivity index (χ1) is 12.8. The highest BCUT2D eigenvalue weighted by Crippen LogP contribution is 2.56. The Bertz CT molecular complexity index is 786. The number of phenolic OH excluding ortho intramolecular Hbond substituents is 1. The summed E-state index contributed by atoms with van der Waals surface area (Å²) in [6, 6.07) is 17.8. The predicted molar refractivity (Wildman–Crippen MR) is 106 cm³/mol. The molecule has 0 radical (unpaired) electrons. The second kappa shape index (κ2) is 6.42. The third-order valence-corrected chi connectivity index (χ3v) is 7.47. The lowest BCUT2D eigenvalue weighted by molar-refractivity contribution is -0.0106. The van der Waals surface area contributed by atoms with Gasteiger partial charge in [0.05, 0.1) is 0 Å². The number of nitrogens with zero attached hydrogens (tertiary/aromatic N) is 1. The Morgan fingerprint density at radius 2 is 1.92 bits per heavy atom. The van der Waals surface area contributed by atoms with E-state index >= 15 is 0 Å². The first kappa shape index (κ1) is 16.4. The van der Waals surface area contributed by atoms with Gasteiger partial charge in [-0.05, 0) is 73.4 Å². The molecular formula is C24H29NO. The summed E-state index contributed by atoms with van der Waals surface area (Å²) in [6.07, 6.45) is 8.99. The summed E-state index contributed by atoms with van der Waals surface area (Å²) in [5, 5.41) is 10.1. The topological polar surface area (TPSA) is 23.5 Å². The normalized spacial score (nSPS) is 30.5. The lowest BCUT2D eigenvalue weighted by Crippen LogP contribution is -2.61. The van der Waals surface area contributed by atoms with E-state index in [4.69, 9.17) is 0 Å². The predicted octanol–water partition coefficient (Wildman–Crippen LogP) is 4.69. The van der Waals surface area contributed by atoms with Crippen LogP contribution in [0.1, 0.15) is 48.8 Å². The van der Waals surface area contributed by atoms with Gasteiger partial charge in [-0.25, -0.2) is 0 Å². The molecule has 3 atom stereocenters. The highest BCUT2D eigenvalue weighted by atomic mass is 16.3. The van der Waals surface area contributed by atoms with Crippen molar-refractivity contribution >= 4 is 0 Å². The van der Waals surface area contributed by atoms with Gasteiger partial charge in [-0.1, -0.05) is 49.2 Å². The Hall–Kier alpha value is -1.80. The molecule has 136 valence electrons. The third kappa shape index (κ3) is 2.58. The van der Waals surface area contributed by atoms with Crippen molar-refractivity contribution < 1.29 is 5.11 Å². The maximum Gasteiger partial charge on any atom is 0.115 e. The van der Waals surface area contributed by atoms with Crippen LogP contribution in [0.3, 0.4) is 0 Å². The number of hydrogen-bond donors (Lipinski definition) is 1. The molecule has 0 aromatic heterocycles. The molecule has 2 aromatic rings. The van der Waals surface area contributed by atoms with Gasteiger partial charge in [0, 0.05) is 18.0 Å². The van der Waals surface area contributed by atoms with E-state index in [1.54, 1.807) is 0 Å². The zero-order valence-corrected chi connectivity index (χ0v) is 15.5. The molecule has 3 aliphatic rings. The average Bonchev–Trinajstić information content (AvgIpc) is 2.69.